The molecule has 1 fully saturated rings. The van der Waals surface area contributed by atoms with Crippen molar-refractivity contribution < 1.29 is 28.9 Å². The van der Waals surface area contributed by atoms with Crippen LogP contribution in [0.25, 0.3) is 16.8 Å². The molecule has 1 atom stereocenters. The number of amides is 1. The molecule has 1 unspecified atom stereocenters. The Bertz CT molecular complexity index is 1610. The fourth-order valence-corrected chi connectivity index (χ4v) is 4.72. The second-order valence-electron chi connectivity index (χ2n) is 9.24. The number of aliphatic hydroxyl groups is 1. The molecular formula is C30H29N3O6. The van der Waals surface area contributed by atoms with Gasteiger partial charge < -0.3 is 24.3 Å². The highest BCUT2D eigenvalue weighted by Crippen LogP contribution is 2.44. The Morgan fingerprint density at radius 1 is 1.03 bits per heavy atom. The van der Waals surface area contributed by atoms with E-state index in [1.165, 1.54) is 19.1 Å². The predicted molar refractivity (Wildman–Crippen MR) is 147 cm³/mol. The van der Waals surface area contributed by atoms with Crippen LogP contribution in [0, 0.1) is 6.92 Å². The van der Waals surface area contributed by atoms with Crippen LogP contribution in [-0.4, -0.2) is 47.6 Å². The highest BCUT2D eigenvalue weighted by Gasteiger charge is 2.48. The van der Waals surface area contributed by atoms with E-state index in [1.54, 1.807) is 42.5 Å². The van der Waals surface area contributed by atoms with Crippen LogP contribution in [0.5, 0.6) is 17.2 Å². The first kappa shape index (κ1) is 25.8. The number of rotatable bonds is 8. The summed E-state index contributed by atoms with van der Waals surface area (Å²) in [6.45, 7) is 4.45. The van der Waals surface area contributed by atoms with Crippen LogP contribution in [0.2, 0.25) is 0 Å². The summed E-state index contributed by atoms with van der Waals surface area (Å²) in [5.74, 6) is -0.324. The number of aliphatic hydroxyl groups excluding tert-OH is 1. The number of carbonyl (C=O) groups excluding carboxylic acids is 2. The first-order valence-corrected chi connectivity index (χ1v) is 12.6. The zero-order chi connectivity index (χ0) is 27.7. The molecular weight excluding hydrogens is 498 g/mol. The number of nitrogens with one attached hydrogen (secondary N) is 1. The van der Waals surface area contributed by atoms with Crippen molar-refractivity contribution in [1.29, 1.82) is 0 Å². The van der Waals surface area contributed by atoms with Crippen molar-refractivity contribution in [3.63, 3.8) is 0 Å². The normalized spacial score (nSPS) is 16.6. The van der Waals surface area contributed by atoms with Crippen molar-refractivity contribution in [3.8, 4) is 17.2 Å². The molecule has 1 aliphatic heterocycles. The number of benzene rings is 3. The maximum Gasteiger partial charge on any atom is 0.302 e. The van der Waals surface area contributed by atoms with Gasteiger partial charge in [0.2, 0.25) is 5.95 Å². The number of methoxy groups -OCH3 is 2. The number of hydrogen-bond acceptors (Lipinski definition) is 7. The van der Waals surface area contributed by atoms with Crippen molar-refractivity contribution in [2.75, 3.05) is 25.7 Å². The smallest absolute Gasteiger partial charge is 0.302 e. The number of Topliss-reactive ketones (excluding diaryl/α,β-unsaturated/α-hetero) is 1. The van der Waals surface area contributed by atoms with Gasteiger partial charge in [-0.1, -0.05) is 31.2 Å². The fraction of sp³-hybridized carbons (Fsp3) is 0.233. The molecule has 9 nitrogen and oxygen atoms in total. The van der Waals surface area contributed by atoms with Gasteiger partial charge in [-0.2, -0.15) is 0 Å². The summed E-state index contributed by atoms with van der Waals surface area (Å²) in [7, 11) is 3.02. The molecule has 0 bridgehead atoms. The number of carbonyl (C=O) groups is 2. The zero-order valence-corrected chi connectivity index (χ0v) is 22.1. The number of ether oxygens (including phenoxy) is 3. The van der Waals surface area contributed by atoms with Crippen molar-refractivity contribution in [3.05, 3.63) is 82.9 Å². The standard InChI is InChI=1S/C30H29N3O6/c1-5-13-39-20-8-6-7-19(15-20)27(34)25-26(18-10-12-23(37-3)24(16-18)38-4)33(29(36)28(25)35)30-31-21-11-9-17(2)14-22(21)32-30/h6-12,14-16,26,34H,5,13H2,1-4H3,(H,31,32)/b27-25+. The van der Waals surface area contributed by atoms with Crippen LogP contribution in [-0.2, 0) is 9.59 Å². The maximum absolute atomic E-state index is 13.6. The third-order valence-electron chi connectivity index (χ3n) is 6.60. The van der Waals surface area contributed by atoms with Crippen LogP contribution in [0.1, 0.15) is 36.1 Å². The van der Waals surface area contributed by atoms with Crippen molar-refractivity contribution in [2.45, 2.75) is 26.3 Å². The summed E-state index contributed by atoms with van der Waals surface area (Å²) < 4.78 is 16.6. The Hall–Kier alpha value is -4.79. The van der Waals surface area contributed by atoms with Gasteiger partial charge in [0.25, 0.3) is 5.78 Å². The highest BCUT2D eigenvalue weighted by atomic mass is 16.5. The van der Waals surface area contributed by atoms with Gasteiger partial charge >= 0.3 is 5.91 Å². The summed E-state index contributed by atoms with van der Waals surface area (Å²) in [5, 5.41) is 11.5. The predicted octanol–water partition coefficient (Wildman–Crippen LogP) is 5.30. The van der Waals surface area contributed by atoms with Crippen LogP contribution >= 0.6 is 0 Å². The number of fused-ring (bicyclic) bond motifs is 1. The minimum Gasteiger partial charge on any atom is -0.507 e. The molecule has 0 radical (unpaired) electrons. The number of ketones is 1. The van der Waals surface area contributed by atoms with Gasteiger partial charge in [-0.25, -0.2) is 4.98 Å². The Morgan fingerprint density at radius 3 is 2.56 bits per heavy atom. The molecule has 0 spiro atoms. The number of aryl methyl sites for hydroxylation is 1. The van der Waals surface area contributed by atoms with E-state index in [4.69, 9.17) is 14.2 Å². The van der Waals surface area contributed by atoms with Gasteiger partial charge in [0.15, 0.2) is 11.5 Å². The molecule has 0 aliphatic carbocycles. The van der Waals surface area contributed by atoms with Crippen LogP contribution < -0.4 is 19.1 Å². The third-order valence-corrected chi connectivity index (χ3v) is 6.60. The summed E-state index contributed by atoms with van der Waals surface area (Å²) in [6.07, 6.45) is 0.817. The minimum absolute atomic E-state index is 0.0727. The Morgan fingerprint density at radius 2 is 1.82 bits per heavy atom. The second-order valence-corrected chi connectivity index (χ2v) is 9.24. The first-order chi connectivity index (χ1) is 18.9. The van der Waals surface area contributed by atoms with Crippen molar-refractivity contribution in [1.82, 2.24) is 9.97 Å². The van der Waals surface area contributed by atoms with E-state index in [-0.39, 0.29) is 17.3 Å². The molecule has 0 saturated carbocycles. The van der Waals surface area contributed by atoms with E-state index in [0.717, 1.165) is 17.5 Å². The maximum atomic E-state index is 13.6. The molecule has 5 rings (SSSR count). The summed E-state index contributed by atoms with van der Waals surface area (Å²) in [6, 6.07) is 16.6. The number of aromatic nitrogens is 2. The molecule has 2 N–H and O–H groups in total. The minimum atomic E-state index is -0.994. The Labute approximate surface area is 225 Å². The van der Waals surface area contributed by atoms with E-state index in [0.29, 0.717) is 40.5 Å². The number of hydrogen-bond donors (Lipinski definition) is 2. The molecule has 3 aromatic carbocycles. The molecule has 200 valence electrons. The summed E-state index contributed by atoms with van der Waals surface area (Å²) in [5.41, 5.74) is 3.19. The number of nitrogens with zero attached hydrogens (tertiary/aromatic N) is 2. The molecule has 1 aliphatic rings. The lowest BCUT2D eigenvalue weighted by Crippen LogP contribution is -2.30. The van der Waals surface area contributed by atoms with Crippen molar-refractivity contribution in [2.24, 2.45) is 0 Å². The molecule has 39 heavy (non-hydrogen) atoms. The quantitative estimate of drug-likeness (QED) is 0.181. The Kier molecular flexibility index (Phi) is 6.98. The second kappa shape index (κ2) is 10.5. The van der Waals surface area contributed by atoms with Crippen LogP contribution in [0.4, 0.5) is 5.95 Å². The number of aromatic amines is 1. The Balaban J connectivity index is 1.71. The monoisotopic (exact) mass is 527 g/mol. The molecule has 1 amide bonds. The van der Waals surface area contributed by atoms with E-state index < -0.39 is 17.7 Å². The average molecular weight is 528 g/mol. The van der Waals surface area contributed by atoms with E-state index in [2.05, 4.69) is 9.97 Å². The largest absolute Gasteiger partial charge is 0.507 e. The molecule has 4 aromatic rings. The topological polar surface area (TPSA) is 114 Å². The van der Waals surface area contributed by atoms with E-state index in [9.17, 15) is 14.7 Å². The lowest BCUT2D eigenvalue weighted by molar-refractivity contribution is -0.132. The summed E-state index contributed by atoms with van der Waals surface area (Å²) in [4.78, 5) is 36.2. The van der Waals surface area contributed by atoms with Gasteiger partial charge in [0, 0.05) is 5.56 Å². The molecule has 1 aromatic heterocycles. The number of anilines is 1. The van der Waals surface area contributed by atoms with Gasteiger partial charge in [-0.15, -0.1) is 0 Å². The van der Waals surface area contributed by atoms with Gasteiger partial charge in [0.1, 0.15) is 11.5 Å². The molecule has 1 saturated heterocycles. The third kappa shape index (κ3) is 4.67. The van der Waals surface area contributed by atoms with Crippen LogP contribution in [0.3, 0.4) is 0 Å². The number of H-pyrrole nitrogens is 1. The SMILES string of the molecule is CCCOc1cccc(/C(O)=C2\C(=O)C(=O)N(c3nc4ccc(C)cc4[nH]3)C2c2ccc(OC)c(OC)c2)c1. The van der Waals surface area contributed by atoms with Gasteiger partial charge in [0.05, 0.1) is 43.5 Å². The summed E-state index contributed by atoms with van der Waals surface area (Å²) >= 11 is 0. The number of imidazole rings is 1. The van der Waals surface area contributed by atoms with Crippen LogP contribution in [0.15, 0.2) is 66.2 Å². The lowest BCUT2D eigenvalue weighted by Gasteiger charge is -2.24. The fourth-order valence-electron chi connectivity index (χ4n) is 4.72. The van der Waals surface area contributed by atoms with E-state index in [1.807, 2.05) is 32.0 Å². The van der Waals surface area contributed by atoms with Crippen molar-refractivity contribution >= 4 is 34.4 Å². The molecule has 9 heteroatoms. The van der Waals surface area contributed by atoms with Gasteiger partial charge in [-0.05, 0) is 60.9 Å². The average Bonchev–Trinajstić information content (AvgIpc) is 3.48. The van der Waals surface area contributed by atoms with E-state index >= 15 is 0 Å². The lowest BCUT2D eigenvalue weighted by atomic mass is 9.95. The zero-order valence-electron chi connectivity index (χ0n) is 22.1. The molecule has 2 heterocycles. The highest BCUT2D eigenvalue weighted by molar-refractivity contribution is 6.51. The first-order valence-electron chi connectivity index (χ1n) is 12.6. The van der Waals surface area contributed by atoms with Gasteiger partial charge in [-0.3, -0.25) is 14.5 Å².